The minimum atomic E-state index is -0.164. The Morgan fingerprint density at radius 2 is 1.77 bits per heavy atom. The van der Waals surface area contributed by atoms with Crippen LogP contribution >= 0.6 is 0 Å². The van der Waals surface area contributed by atoms with Gasteiger partial charge in [0.25, 0.3) is 5.91 Å². The lowest BCUT2D eigenvalue weighted by Gasteiger charge is -2.31. The molecule has 0 aliphatic heterocycles. The third kappa shape index (κ3) is 5.04. The van der Waals surface area contributed by atoms with Crippen molar-refractivity contribution in [1.82, 2.24) is 10.2 Å². The van der Waals surface area contributed by atoms with Crippen LogP contribution in [0.5, 0.6) is 17.2 Å². The SMILES string of the molecule is COc1ccc(C(=O)NCCCN(C)C2CCCCC2)c(OC)c1OC. The highest BCUT2D eigenvalue weighted by Gasteiger charge is 2.21. The molecule has 1 amide bonds. The van der Waals surface area contributed by atoms with Gasteiger partial charge in [0.05, 0.1) is 26.9 Å². The zero-order valence-electron chi connectivity index (χ0n) is 16.5. The summed E-state index contributed by atoms with van der Waals surface area (Å²) in [6.07, 6.45) is 7.56. The predicted octanol–water partition coefficient (Wildman–Crippen LogP) is 3.10. The summed E-state index contributed by atoms with van der Waals surface area (Å²) in [5.74, 6) is 1.20. The Bertz CT molecular complexity index is 585. The molecule has 26 heavy (non-hydrogen) atoms. The van der Waals surface area contributed by atoms with E-state index in [2.05, 4.69) is 17.3 Å². The van der Waals surface area contributed by atoms with Crippen LogP contribution in [0.2, 0.25) is 0 Å². The van der Waals surface area contributed by atoms with E-state index >= 15 is 0 Å². The highest BCUT2D eigenvalue weighted by Crippen LogP contribution is 2.39. The van der Waals surface area contributed by atoms with E-state index in [1.54, 1.807) is 19.2 Å². The summed E-state index contributed by atoms with van der Waals surface area (Å²) in [5, 5.41) is 2.98. The number of amides is 1. The third-order valence-corrected chi connectivity index (χ3v) is 5.12. The minimum Gasteiger partial charge on any atom is -0.493 e. The van der Waals surface area contributed by atoms with Gasteiger partial charge in [0, 0.05) is 12.6 Å². The van der Waals surface area contributed by atoms with Crippen LogP contribution in [0.15, 0.2) is 12.1 Å². The molecule has 6 nitrogen and oxygen atoms in total. The normalized spacial score (nSPS) is 15.0. The Morgan fingerprint density at radius 3 is 2.38 bits per heavy atom. The molecule has 0 aromatic heterocycles. The van der Waals surface area contributed by atoms with Crippen LogP contribution in [0.25, 0.3) is 0 Å². The van der Waals surface area contributed by atoms with Crippen LogP contribution in [0.3, 0.4) is 0 Å². The van der Waals surface area contributed by atoms with Crippen molar-refractivity contribution in [3.8, 4) is 17.2 Å². The van der Waals surface area contributed by atoms with Crippen molar-refractivity contribution in [2.24, 2.45) is 0 Å². The first-order valence-corrected chi connectivity index (χ1v) is 9.39. The number of benzene rings is 1. The molecule has 0 bridgehead atoms. The molecule has 0 saturated heterocycles. The van der Waals surface area contributed by atoms with Crippen LogP contribution in [-0.2, 0) is 0 Å². The Balaban J connectivity index is 1.87. The number of nitrogens with zero attached hydrogens (tertiary/aromatic N) is 1. The second-order valence-electron chi connectivity index (χ2n) is 6.76. The highest BCUT2D eigenvalue weighted by atomic mass is 16.5. The van der Waals surface area contributed by atoms with Gasteiger partial charge in [-0.1, -0.05) is 19.3 Å². The third-order valence-electron chi connectivity index (χ3n) is 5.12. The fraction of sp³-hybridized carbons (Fsp3) is 0.650. The van der Waals surface area contributed by atoms with Crippen LogP contribution < -0.4 is 19.5 Å². The summed E-state index contributed by atoms with van der Waals surface area (Å²) in [5.41, 5.74) is 0.450. The Morgan fingerprint density at radius 1 is 1.08 bits per heavy atom. The molecule has 0 spiro atoms. The molecule has 146 valence electrons. The molecule has 6 heteroatoms. The number of ether oxygens (including phenoxy) is 3. The van der Waals surface area contributed by atoms with Crippen LogP contribution in [0.4, 0.5) is 0 Å². The number of hydrogen-bond acceptors (Lipinski definition) is 5. The van der Waals surface area contributed by atoms with Gasteiger partial charge in [-0.3, -0.25) is 4.79 Å². The van der Waals surface area contributed by atoms with Crippen LogP contribution in [0.1, 0.15) is 48.9 Å². The minimum absolute atomic E-state index is 0.164. The zero-order valence-corrected chi connectivity index (χ0v) is 16.5. The molecule has 0 atom stereocenters. The Kier molecular flexibility index (Phi) is 8.04. The zero-order chi connectivity index (χ0) is 18.9. The highest BCUT2D eigenvalue weighted by molar-refractivity contribution is 5.98. The standard InChI is InChI=1S/C20H32N2O4/c1-22(15-9-6-5-7-10-15)14-8-13-21-20(23)16-11-12-17(24-2)19(26-4)18(16)25-3/h11-12,15H,5-10,13-14H2,1-4H3,(H,21,23). The molecular formula is C20H32N2O4. The quantitative estimate of drug-likeness (QED) is 0.682. The molecule has 1 aliphatic rings. The molecule has 0 radical (unpaired) electrons. The van der Waals surface area contributed by atoms with Gasteiger partial charge in [-0.15, -0.1) is 0 Å². The van der Waals surface area contributed by atoms with Crippen molar-refractivity contribution in [2.75, 3.05) is 41.5 Å². The lowest BCUT2D eigenvalue weighted by molar-refractivity contribution is 0.0946. The molecule has 1 saturated carbocycles. The second-order valence-corrected chi connectivity index (χ2v) is 6.76. The average Bonchev–Trinajstić information content (AvgIpc) is 2.70. The van der Waals surface area contributed by atoms with Crippen molar-refractivity contribution in [3.05, 3.63) is 17.7 Å². The van der Waals surface area contributed by atoms with Gasteiger partial charge in [-0.2, -0.15) is 0 Å². The molecule has 1 aromatic rings. The molecule has 1 fully saturated rings. The number of methoxy groups -OCH3 is 3. The van der Waals surface area contributed by atoms with Gasteiger partial charge >= 0.3 is 0 Å². The van der Waals surface area contributed by atoms with Crippen LogP contribution in [0, 0.1) is 0 Å². The lowest BCUT2D eigenvalue weighted by Crippen LogP contribution is -2.35. The summed E-state index contributed by atoms with van der Waals surface area (Å²) >= 11 is 0. The molecule has 0 unspecified atom stereocenters. The topological polar surface area (TPSA) is 60.0 Å². The van der Waals surface area contributed by atoms with Crippen molar-refractivity contribution in [3.63, 3.8) is 0 Å². The number of hydrogen-bond donors (Lipinski definition) is 1. The van der Waals surface area contributed by atoms with E-state index < -0.39 is 0 Å². The van der Waals surface area contributed by atoms with E-state index in [0.717, 1.165) is 13.0 Å². The fourth-order valence-corrected chi connectivity index (χ4v) is 3.61. The summed E-state index contributed by atoms with van der Waals surface area (Å²) in [6.45, 7) is 1.63. The van der Waals surface area contributed by atoms with E-state index in [0.29, 0.717) is 35.4 Å². The Hall–Kier alpha value is -1.95. The maximum atomic E-state index is 12.5. The number of carbonyl (C=O) groups is 1. The van der Waals surface area contributed by atoms with Crippen molar-refractivity contribution in [1.29, 1.82) is 0 Å². The van der Waals surface area contributed by atoms with Crippen LogP contribution in [-0.4, -0.2) is 58.3 Å². The first-order chi connectivity index (χ1) is 12.6. The van der Waals surface area contributed by atoms with E-state index in [1.807, 2.05) is 0 Å². The van der Waals surface area contributed by atoms with Gasteiger partial charge in [-0.25, -0.2) is 0 Å². The molecule has 1 aromatic carbocycles. The molecule has 0 heterocycles. The second kappa shape index (κ2) is 10.3. The number of carbonyl (C=O) groups excluding carboxylic acids is 1. The molecule has 1 aliphatic carbocycles. The predicted molar refractivity (Wildman–Crippen MR) is 103 cm³/mol. The van der Waals surface area contributed by atoms with Gasteiger partial charge < -0.3 is 24.4 Å². The fourth-order valence-electron chi connectivity index (χ4n) is 3.61. The number of rotatable bonds is 9. The summed E-state index contributed by atoms with van der Waals surface area (Å²) in [6, 6.07) is 4.11. The van der Waals surface area contributed by atoms with E-state index in [9.17, 15) is 4.79 Å². The van der Waals surface area contributed by atoms with Gasteiger partial charge in [-0.05, 0) is 45.0 Å². The molecular weight excluding hydrogens is 332 g/mol. The molecule has 1 N–H and O–H groups in total. The van der Waals surface area contributed by atoms with E-state index in [1.165, 1.54) is 46.3 Å². The van der Waals surface area contributed by atoms with Gasteiger partial charge in [0.2, 0.25) is 5.75 Å². The van der Waals surface area contributed by atoms with E-state index in [-0.39, 0.29) is 5.91 Å². The summed E-state index contributed by atoms with van der Waals surface area (Å²) < 4.78 is 16.0. The monoisotopic (exact) mass is 364 g/mol. The number of nitrogens with one attached hydrogen (secondary N) is 1. The molecule has 2 rings (SSSR count). The van der Waals surface area contributed by atoms with E-state index in [4.69, 9.17) is 14.2 Å². The van der Waals surface area contributed by atoms with Gasteiger partial charge in [0.15, 0.2) is 11.5 Å². The van der Waals surface area contributed by atoms with Crippen molar-refractivity contribution < 1.29 is 19.0 Å². The largest absolute Gasteiger partial charge is 0.493 e. The first-order valence-electron chi connectivity index (χ1n) is 9.39. The Labute approximate surface area is 156 Å². The van der Waals surface area contributed by atoms with Crippen molar-refractivity contribution >= 4 is 5.91 Å². The summed E-state index contributed by atoms with van der Waals surface area (Å²) in [7, 11) is 6.80. The van der Waals surface area contributed by atoms with Gasteiger partial charge in [0.1, 0.15) is 0 Å². The maximum Gasteiger partial charge on any atom is 0.255 e. The lowest BCUT2D eigenvalue weighted by atomic mass is 9.94. The summed E-state index contributed by atoms with van der Waals surface area (Å²) in [4.78, 5) is 15.0. The smallest absolute Gasteiger partial charge is 0.255 e. The first kappa shape index (κ1) is 20.4. The maximum absolute atomic E-state index is 12.5. The van der Waals surface area contributed by atoms with Crippen molar-refractivity contribution in [2.45, 2.75) is 44.6 Å². The average molecular weight is 364 g/mol.